The normalized spacial score (nSPS) is 14.6. The standard InChI is InChI=1S/C24H18N2O8S3/c1-32-17-10-8-16(9-11-17)25-23(27)21(36-24(25)35)14-15-7-12-19(20(13-15)33-2)34-37(30,31)22-6-4-3-5-18(22)26(28)29/h3-14H,1-2H3/b21-14+. The zero-order valence-electron chi connectivity index (χ0n) is 19.3. The molecule has 1 aliphatic rings. The van der Waals surface area contributed by atoms with E-state index in [1.54, 1.807) is 37.5 Å². The van der Waals surface area contributed by atoms with Gasteiger partial charge in [0, 0.05) is 6.07 Å². The van der Waals surface area contributed by atoms with Crippen LogP contribution in [0.2, 0.25) is 0 Å². The number of carbonyl (C=O) groups excluding carboxylic acids is 1. The number of para-hydroxylation sites is 1. The molecule has 0 aromatic heterocycles. The van der Waals surface area contributed by atoms with Crippen molar-refractivity contribution in [1.82, 2.24) is 0 Å². The van der Waals surface area contributed by atoms with E-state index in [-0.39, 0.29) is 17.4 Å². The molecule has 3 aromatic carbocycles. The van der Waals surface area contributed by atoms with Crippen LogP contribution in [-0.4, -0.2) is 37.8 Å². The van der Waals surface area contributed by atoms with Gasteiger partial charge in [-0.15, -0.1) is 0 Å². The molecule has 0 aliphatic carbocycles. The Bertz CT molecular complexity index is 1540. The molecular formula is C24H18N2O8S3. The molecule has 4 rings (SSSR count). The van der Waals surface area contributed by atoms with E-state index in [0.717, 1.165) is 23.9 Å². The van der Waals surface area contributed by atoms with Crippen molar-refractivity contribution in [3.63, 3.8) is 0 Å². The Morgan fingerprint density at radius 3 is 2.35 bits per heavy atom. The van der Waals surface area contributed by atoms with E-state index in [1.165, 1.54) is 42.3 Å². The predicted molar refractivity (Wildman–Crippen MR) is 143 cm³/mol. The van der Waals surface area contributed by atoms with E-state index in [4.69, 9.17) is 25.9 Å². The van der Waals surface area contributed by atoms with Crippen LogP contribution in [-0.2, 0) is 14.9 Å². The number of benzene rings is 3. The molecule has 10 nitrogen and oxygen atoms in total. The van der Waals surface area contributed by atoms with Crippen molar-refractivity contribution in [2.24, 2.45) is 0 Å². The van der Waals surface area contributed by atoms with Gasteiger partial charge in [0.1, 0.15) is 5.75 Å². The van der Waals surface area contributed by atoms with Crippen molar-refractivity contribution in [1.29, 1.82) is 0 Å². The molecule has 0 unspecified atom stereocenters. The second-order valence-electron chi connectivity index (χ2n) is 7.39. The van der Waals surface area contributed by atoms with E-state index in [1.807, 2.05) is 0 Å². The van der Waals surface area contributed by atoms with Gasteiger partial charge in [0.15, 0.2) is 20.7 Å². The molecule has 1 heterocycles. The summed E-state index contributed by atoms with van der Waals surface area (Å²) in [6, 6.07) is 16.1. The third-order valence-corrected chi connectivity index (χ3v) is 7.73. The number of ether oxygens (including phenoxy) is 2. The van der Waals surface area contributed by atoms with Crippen molar-refractivity contribution < 1.29 is 31.8 Å². The number of carbonyl (C=O) groups is 1. The summed E-state index contributed by atoms with van der Waals surface area (Å²) in [6.45, 7) is 0. The van der Waals surface area contributed by atoms with E-state index in [2.05, 4.69) is 0 Å². The maximum absolute atomic E-state index is 13.1. The predicted octanol–water partition coefficient (Wildman–Crippen LogP) is 4.79. The zero-order chi connectivity index (χ0) is 26.7. The number of anilines is 1. The number of nitro benzene ring substituents is 1. The zero-order valence-corrected chi connectivity index (χ0v) is 21.8. The summed E-state index contributed by atoms with van der Waals surface area (Å²) in [6.07, 6.45) is 1.59. The Morgan fingerprint density at radius 2 is 1.70 bits per heavy atom. The van der Waals surface area contributed by atoms with Crippen molar-refractivity contribution in [3.8, 4) is 17.2 Å². The first-order valence-corrected chi connectivity index (χ1v) is 13.1. The fraction of sp³-hybridized carbons (Fsp3) is 0.0833. The Hall–Kier alpha value is -3.94. The molecule has 0 N–H and O–H groups in total. The number of thioether (sulfide) groups is 1. The van der Waals surface area contributed by atoms with Crippen LogP contribution >= 0.6 is 24.0 Å². The summed E-state index contributed by atoms with van der Waals surface area (Å²) in [5.41, 5.74) is 0.493. The lowest BCUT2D eigenvalue weighted by molar-refractivity contribution is -0.387. The monoisotopic (exact) mass is 558 g/mol. The van der Waals surface area contributed by atoms with Gasteiger partial charge in [0.2, 0.25) is 0 Å². The Balaban J connectivity index is 1.60. The number of rotatable bonds is 8. The molecule has 0 atom stereocenters. The topological polar surface area (TPSA) is 125 Å². The summed E-state index contributed by atoms with van der Waals surface area (Å²) >= 11 is 6.51. The molecule has 37 heavy (non-hydrogen) atoms. The quantitative estimate of drug-likeness (QED) is 0.125. The summed E-state index contributed by atoms with van der Waals surface area (Å²) in [4.78, 5) is 24.7. The van der Waals surface area contributed by atoms with Gasteiger partial charge in [0.25, 0.3) is 11.6 Å². The third-order valence-electron chi connectivity index (χ3n) is 5.14. The number of thiocarbonyl (C=S) groups is 1. The SMILES string of the molecule is COc1ccc(N2C(=O)/C(=C\c3ccc(OS(=O)(=O)c4ccccc4[N+](=O)[O-])c(OC)c3)SC2=S)cc1. The van der Waals surface area contributed by atoms with Gasteiger partial charge in [-0.05, 0) is 54.1 Å². The minimum absolute atomic E-state index is 0.0431. The average Bonchev–Trinajstić information content (AvgIpc) is 3.17. The largest absolute Gasteiger partial charge is 0.497 e. The lowest BCUT2D eigenvalue weighted by atomic mass is 10.2. The van der Waals surface area contributed by atoms with E-state index in [0.29, 0.717) is 26.2 Å². The Kier molecular flexibility index (Phi) is 7.47. The molecule has 3 aromatic rings. The summed E-state index contributed by atoms with van der Waals surface area (Å²) in [5, 5.41) is 11.3. The van der Waals surface area contributed by atoms with Crippen LogP contribution in [0.15, 0.2) is 76.5 Å². The summed E-state index contributed by atoms with van der Waals surface area (Å²) in [5.74, 6) is 0.187. The van der Waals surface area contributed by atoms with Crippen molar-refractivity contribution >= 4 is 61.8 Å². The van der Waals surface area contributed by atoms with Crippen LogP contribution in [0.5, 0.6) is 17.2 Å². The van der Waals surface area contributed by atoms with E-state index >= 15 is 0 Å². The fourth-order valence-electron chi connectivity index (χ4n) is 3.40. The van der Waals surface area contributed by atoms with Crippen LogP contribution in [0.3, 0.4) is 0 Å². The maximum Gasteiger partial charge on any atom is 0.346 e. The molecule has 0 radical (unpaired) electrons. The number of hydrogen-bond acceptors (Lipinski definition) is 10. The van der Waals surface area contributed by atoms with E-state index in [9.17, 15) is 23.3 Å². The lowest BCUT2D eigenvalue weighted by Crippen LogP contribution is -2.27. The van der Waals surface area contributed by atoms with Crippen LogP contribution in [0.4, 0.5) is 11.4 Å². The fourth-order valence-corrected chi connectivity index (χ4v) is 5.81. The molecule has 13 heteroatoms. The molecule has 190 valence electrons. The Labute approximate surface area is 221 Å². The summed E-state index contributed by atoms with van der Waals surface area (Å²) in [7, 11) is -1.69. The Morgan fingerprint density at radius 1 is 1.00 bits per heavy atom. The van der Waals surface area contributed by atoms with Gasteiger partial charge in [0.05, 0.1) is 29.7 Å². The van der Waals surface area contributed by atoms with E-state index < -0.39 is 25.6 Å². The first-order valence-electron chi connectivity index (χ1n) is 10.4. The van der Waals surface area contributed by atoms with Crippen molar-refractivity contribution in [3.05, 3.63) is 87.3 Å². The average molecular weight is 559 g/mol. The molecule has 1 aliphatic heterocycles. The maximum atomic E-state index is 13.1. The first kappa shape index (κ1) is 26.1. The highest BCUT2D eigenvalue weighted by Crippen LogP contribution is 2.38. The molecule has 1 saturated heterocycles. The van der Waals surface area contributed by atoms with Crippen molar-refractivity contribution in [2.75, 3.05) is 19.1 Å². The number of nitrogens with zero attached hydrogens (tertiary/aromatic N) is 2. The third kappa shape index (κ3) is 5.43. The first-order chi connectivity index (χ1) is 17.6. The van der Waals surface area contributed by atoms with Gasteiger partial charge in [-0.25, -0.2) is 0 Å². The summed E-state index contributed by atoms with van der Waals surface area (Å²) < 4.78 is 41.5. The number of amides is 1. The minimum atomic E-state index is -4.54. The molecule has 1 fully saturated rings. The lowest BCUT2D eigenvalue weighted by Gasteiger charge is -2.14. The minimum Gasteiger partial charge on any atom is -0.497 e. The number of hydrogen-bond donors (Lipinski definition) is 0. The number of methoxy groups -OCH3 is 2. The highest BCUT2D eigenvalue weighted by Gasteiger charge is 2.33. The smallest absolute Gasteiger partial charge is 0.346 e. The van der Waals surface area contributed by atoms with Gasteiger partial charge >= 0.3 is 10.1 Å². The second kappa shape index (κ2) is 10.6. The van der Waals surface area contributed by atoms with Gasteiger partial charge in [-0.2, -0.15) is 8.42 Å². The molecular weight excluding hydrogens is 540 g/mol. The number of nitro groups is 1. The second-order valence-corrected chi connectivity index (χ2v) is 10.6. The van der Waals surface area contributed by atoms with Gasteiger partial charge < -0.3 is 13.7 Å². The van der Waals surface area contributed by atoms with Crippen molar-refractivity contribution in [2.45, 2.75) is 4.90 Å². The highest BCUT2D eigenvalue weighted by atomic mass is 32.2. The van der Waals surface area contributed by atoms with Gasteiger partial charge in [-0.3, -0.25) is 19.8 Å². The molecule has 0 spiro atoms. The molecule has 0 bridgehead atoms. The van der Waals surface area contributed by atoms with Crippen LogP contribution < -0.4 is 18.6 Å². The van der Waals surface area contributed by atoms with Crippen LogP contribution in [0, 0.1) is 10.1 Å². The highest BCUT2D eigenvalue weighted by molar-refractivity contribution is 8.27. The molecule has 0 saturated carbocycles. The van der Waals surface area contributed by atoms with Crippen LogP contribution in [0.1, 0.15) is 5.56 Å². The van der Waals surface area contributed by atoms with Gasteiger partial charge in [-0.1, -0.05) is 42.2 Å². The van der Waals surface area contributed by atoms with Crippen LogP contribution in [0.25, 0.3) is 6.08 Å². The molecule has 1 amide bonds.